The van der Waals surface area contributed by atoms with Crippen LogP contribution in [-0.2, 0) is 0 Å². The molecule has 0 atom stereocenters. The number of hydrogen-bond donors (Lipinski definition) is 0. The van der Waals surface area contributed by atoms with Gasteiger partial charge in [0.15, 0.2) is 0 Å². The van der Waals surface area contributed by atoms with Crippen molar-refractivity contribution in [1.29, 1.82) is 0 Å². The number of fused-ring (bicyclic) bond motifs is 9. The van der Waals surface area contributed by atoms with Gasteiger partial charge in [0.25, 0.3) is 0 Å². The molecule has 2 heteroatoms. The van der Waals surface area contributed by atoms with Gasteiger partial charge in [-0.25, -0.2) is 0 Å². The lowest BCUT2D eigenvalue weighted by Gasteiger charge is -2.27. The van der Waals surface area contributed by atoms with Gasteiger partial charge in [0.05, 0.1) is 0 Å². The molecule has 60 heavy (non-hydrogen) atoms. The zero-order chi connectivity index (χ0) is 39.6. The molecule has 0 aliphatic rings. The van der Waals surface area contributed by atoms with Gasteiger partial charge in [0.2, 0.25) is 0 Å². The van der Waals surface area contributed by atoms with Crippen LogP contribution >= 0.6 is 0 Å². The summed E-state index contributed by atoms with van der Waals surface area (Å²) in [6.07, 6.45) is 0. The van der Waals surface area contributed by atoms with E-state index in [0.717, 1.165) is 50.1 Å². The molecule has 11 aromatic carbocycles. The van der Waals surface area contributed by atoms with Crippen molar-refractivity contribution in [2.24, 2.45) is 0 Å². The van der Waals surface area contributed by atoms with Gasteiger partial charge < -0.3 is 9.32 Å². The smallest absolute Gasteiger partial charge is 0.136 e. The Bertz CT molecular complexity index is 3610. The fourth-order valence-electron chi connectivity index (χ4n) is 9.36. The average Bonchev–Trinajstić information content (AvgIpc) is 3.71. The molecular weight excluding hydrogens is 727 g/mol. The van der Waals surface area contributed by atoms with Crippen LogP contribution in [0.5, 0.6) is 0 Å². The molecule has 0 saturated heterocycles. The number of benzene rings is 11. The summed E-state index contributed by atoms with van der Waals surface area (Å²) in [6.45, 7) is 0. The van der Waals surface area contributed by atoms with Crippen molar-refractivity contribution in [1.82, 2.24) is 0 Å². The Morgan fingerprint density at radius 3 is 1.62 bits per heavy atom. The van der Waals surface area contributed by atoms with Crippen molar-refractivity contribution in [3.05, 3.63) is 224 Å². The lowest BCUT2D eigenvalue weighted by molar-refractivity contribution is 0.669. The maximum atomic E-state index is 6.27. The fraction of sp³-hybridized carbons (Fsp3) is 0. The van der Waals surface area contributed by atoms with E-state index in [1.807, 2.05) is 12.1 Å². The van der Waals surface area contributed by atoms with Gasteiger partial charge in [-0.1, -0.05) is 164 Å². The highest BCUT2D eigenvalue weighted by Gasteiger charge is 2.18. The van der Waals surface area contributed by atoms with E-state index in [2.05, 4.69) is 217 Å². The Morgan fingerprint density at radius 2 is 0.817 bits per heavy atom. The standard InChI is InChI=1S/C58H37NO/c1-3-18-48-38(12-1)26-27-40-28-29-42(36-54(40)48)41-14-9-16-46(34-41)59(45-32-30-39(31-33-45)50-23-11-25-57-58(50)53-22-7-8-24-56(53)60-57)47-17-10-15-43(35-47)55-37-44-13-2-4-19-49(44)51-20-5-6-21-52(51)55/h1-37H. The Morgan fingerprint density at radius 1 is 0.267 bits per heavy atom. The van der Waals surface area contributed by atoms with Gasteiger partial charge in [-0.2, -0.15) is 0 Å². The van der Waals surface area contributed by atoms with E-state index in [9.17, 15) is 0 Å². The van der Waals surface area contributed by atoms with E-state index in [0.29, 0.717) is 0 Å². The first-order chi connectivity index (χ1) is 29.7. The van der Waals surface area contributed by atoms with Crippen LogP contribution in [0, 0.1) is 0 Å². The molecule has 0 aliphatic heterocycles. The molecule has 12 aromatic rings. The zero-order valence-corrected chi connectivity index (χ0v) is 32.7. The summed E-state index contributed by atoms with van der Waals surface area (Å²) in [5, 5.41) is 12.3. The molecule has 1 heterocycles. The second-order valence-electron chi connectivity index (χ2n) is 15.7. The van der Waals surface area contributed by atoms with E-state index in [4.69, 9.17) is 4.42 Å². The monoisotopic (exact) mass is 763 g/mol. The van der Waals surface area contributed by atoms with Crippen LogP contribution in [0.2, 0.25) is 0 Å². The lowest BCUT2D eigenvalue weighted by Crippen LogP contribution is -2.10. The SMILES string of the molecule is c1cc(-c2ccc3ccc4ccccc4c3c2)cc(N(c2ccc(-c3cccc4oc5ccccc5c34)cc2)c2cccc(-c3cc4ccccc4c4ccccc34)c2)c1. The Hall–Kier alpha value is -7.94. The molecular formula is C58H37NO. The summed E-state index contributed by atoms with van der Waals surface area (Å²) in [5.74, 6) is 0. The van der Waals surface area contributed by atoms with Crippen LogP contribution in [0.3, 0.4) is 0 Å². The van der Waals surface area contributed by atoms with Gasteiger partial charge in [0.1, 0.15) is 11.2 Å². The molecule has 1 aromatic heterocycles. The first kappa shape index (κ1) is 34.1. The summed E-state index contributed by atoms with van der Waals surface area (Å²) in [5.41, 5.74) is 12.1. The number of nitrogens with zero attached hydrogens (tertiary/aromatic N) is 1. The topological polar surface area (TPSA) is 16.4 Å². The largest absolute Gasteiger partial charge is 0.456 e. The molecule has 0 aliphatic carbocycles. The minimum absolute atomic E-state index is 0.899. The molecule has 0 N–H and O–H groups in total. The molecule has 0 spiro atoms. The van der Waals surface area contributed by atoms with E-state index < -0.39 is 0 Å². The Balaban J connectivity index is 1.02. The van der Waals surface area contributed by atoms with Crippen molar-refractivity contribution in [3.8, 4) is 33.4 Å². The number of rotatable bonds is 6. The first-order valence-corrected chi connectivity index (χ1v) is 20.6. The number of para-hydroxylation sites is 1. The second kappa shape index (κ2) is 13.9. The average molecular weight is 764 g/mol. The predicted molar refractivity (Wildman–Crippen MR) is 255 cm³/mol. The summed E-state index contributed by atoms with van der Waals surface area (Å²) in [7, 11) is 0. The van der Waals surface area contributed by atoms with Crippen molar-refractivity contribution < 1.29 is 4.42 Å². The lowest BCUT2D eigenvalue weighted by atomic mass is 9.93. The zero-order valence-electron chi connectivity index (χ0n) is 32.7. The number of anilines is 3. The third-order valence-electron chi connectivity index (χ3n) is 12.2. The minimum Gasteiger partial charge on any atom is -0.456 e. The molecule has 0 unspecified atom stereocenters. The van der Waals surface area contributed by atoms with Crippen molar-refractivity contribution in [2.45, 2.75) is 0 Å². The third kappa shape index (κ3) is 5.65. The summed E-state index contributed by atoms with van der Waals surface area (Å²) in [6, 6.07) is 81.4. The first-order valence-electron chi connectivity index (χ1n) is 20.6. The van der Waals surface area contributed by atoms with Crippen molar-refractivity contribution in [2.75, 3.05) is 4.90 Å². The second-order valence-corrected chi connectivity index (χ2v) is 15.7. The molecule has 0 fully saturated rings. The van der Waals surface area contributed by atoms with Gasteiger partial charge in [-0.3, -0.25) is 0 Å². The van der Waals surface area contributed by atoms with E-state index in [-0.39, 0.29) is 0 Å². The van der Waals surface area contributed by atoms with Gasteiger partial charge in [0, 0.05) is 27.8 Å². The fourth-order valence-corrected chi connectivity index (χ4v) is 9.36. The van der Waals surface area contributed by atoms with Crippen LogP contribution in [0.1, 0.15) is 0 Å². The molecule has 0 amide bonds. The summed E-state index contributed by atoms with van der Waals surface area (Å²) < 4.78 is 6.27. The minimum atomic E-state index is 0.899. The van der Waals surface area contributed by atoms with Crippen LogP contribution < -0.4 is 4.90 Å². The highest BCUT2D eigenvalue weighted by Crippen LogP contribution is 2.43. The van der Waals surface area contributed by atoms with E-state index >= 15 is 0 Å². The quantitative estimate of drug-likeness (QED) is 0.157. The molecule has 12 rings (SSSR count). The highest BCUT2D eigenvalue weighted by molar-refractivity contribution is 6.15. The van der Waals surface area contributed by atoms with E-state index in [1.165, 1.54) is 65.3 Å². The van der Waals surface area contributed by atoms with Gasteiger partial charge in [-0.05, 0) is 137 Å². The summed E-state index contributed by atoms with van der Waals surface area (Å²) in [4.78, 5) is 2.39. The molecule has 280 valence electrons. The molecule has 0 saturated carbocycles. The molecule has 0 radical (unpaired) electrons. The molecule has 2 nitrogen and oxygen atoms in total. The van der Waals surface area contributed by atoms with Gasteiger partial charge >= 0.3 is 0 Å². The summed E-state index contributed by atoms with van der Waals surface area (Å²) >= 11 is 0. The maximum Gasteiger partial charge on any atom is 0.136 e. The highest BCUT2D eigenvalue weighted by atomic mass is 16.3. The Kier molecular flexibility index (Phi) is 7.89. The van der Waals surface area contributed by atoms with Crippen LogP contribution in [0.15, 0.2) is 229 Å². The van der Waals surface area contributed by atoms with Crippen LogP contribution in [0.4, 0.5) is 17.1 Å². The van der Waals surface area contributed by atoms with E-state index in [1.54, 1.807) is 0 Å². The number of hydrogen-bond acceptors (Lipinski definition) is 2. The van der Waals surface area contributed by atoms with Crippen LogP contribution in [-0.4, -0.2) is 0 Å². The van der Waals surface area contributed by atoms with Gasteiger partial charge in [-0.15, -0.1) is 0 Å². The third-order valence-corrected chi connectivity index (χ3v) is 12.2. The van der Waals surface area contributed by atoms with Crippen molar-refractivity contribution in [3.63, 3.8) is 0 Å². The molecule has 0 bridgehead atoms. The van der Waals surface area contributed by atoms with Crippen molar-refractivity contribution >= 4 is 82.1 Å². The Labute approximate surface area is 347 Å². The predicted octanol–water partition coefficient (Wildman–Crippen LogP) is 16.7. The maximum absolute atomic E-state index is 6.27. The van der Waals surface area contributed by atoms with Crippen LogP contribution in [0.25, 0.3) is 98.4 Å². The number of furan rings is 1. The normalized spacial score (nSPS) is 11.7.